The van der Waals surface area contributed by atoms with Crippen molar-refractivity contribution in [3.63, 3.8) is 0 Å². The first-order valence-corrected chi connectivity index (χ1v) is 12.0. The third kappa shape index (κ3) is 21.5. The maximum absolute atomic E-state index is 11.4. The lowest BCUT2D eigenvalue weighted by atomic mass is 10.0. The number of rotatable bonds is 19. The zero-order chi connectivity index (χ0) is 19.5. The minimum absolute atomic E-state index is 0. The van der Waals surface area contributed by atoms with Crippen LogP contribution in [0.2, 0.25) is 0 Å². The summed E-state index contributed by atoms with van der Waals surface area (Å²) in [4.78, 5) is 11.4. The van der Waals surface area contributed by atoms with Crippen LogP contribution in [0.5, 0.6) is 0 Å². The Kier molecular flexibility index (Phi) is 21.2. The second-order valence-electron chi connectivity index (χ2n) is 6.97. The Morgan fingerprint density at radius 2 is 1.04 bits per heavy atom. The van der Waals surface area contributed by atoms with Crippen LogP contribution in [0.4, 0.5) is 0 Å². The zero-order valence-corrected chi connectivity index (χ0v) is 18.5. The lowest BCUT2D eigenvalue weighted by Gasteiger charge is -2.05. The fourth-order valence-electron chi connectivity index (χ4n) is 2.96. The van der Waals surface area contributed by atoms with Crippen molar-refractivity contribution < 1.29 is 21.6 Å². The molecule has 0 amide bonds. The monoisotopic (exact) mass is 409 g/mol. The van der Waals surface area contributed by atoms with E-state index in [0.29, 0.717) is 6.42 Å². The van der Waals surface area contributed by atoms with Crippen molar-refractivity contribution in [3.05, 3.63) is 0 Å². The Bertz CT molecular complexity index is 426. The maximum atomic E-state index is 11.4. The highest BCUT2D eigenvalue weighted by atomic mass is 32.3. The highest BCUT2D eigenvalue weighted by molar-refractivity contribution is 7.82. The Morgan fingerprint density at radius 3 is 1.41 bits per heavy atom. The first-order chi connectivity index (χ1) is 12.5. The molecule has 0 saturated heterocycles. The van der Waals surface area contributed by atoms with Crippen molar-refractivity contribution in [2.75, 3.05) is 6.61 Å². The van der Waals surface area contributed by atoms with Gasteiger partial charge in [0.05, 0.1) is 6.61 Å². The summed E-state index contributed by atoms with van der Waals surface area (Å²) in [7, 11) is -4.15. The van der Waals surface area contributed by atoms with Gasteiger partial charge < -0.3 is 10.3 Å². The SMILES string of the molecule is CCCCCCCCCCCCCCCCCC(=O)OS(=O)(=O)OCC.N. The molecule has 0 heterocycles. The predicted octanol–water partition coefficient (Wildman–Crippen LogP) is 6.23. The lowest BCUT2D eigenvalue weighted by Crippen LogP contribution is -2.15. The van der Waals surface area contributed by atoms with Crippen LogP contribution in [0.3, 0.4) is 0 Å². The molecule has 7 heteroatoms. The quantitative estimate of drug-likeness (QED) is 0.253. The van der Waals surface area contributed by atoms with Gasteiger partial charge in [0.1, 0.15) is 0 Å². The van der Waals surface area contributed by atoms with E-state index in [4.69, 9.17) is 0 Å². The average molecular weight is 410 g/mol. The summed E-state index contributed by atoms with van der Waals surface area (Å²) in [5.41, 5.74) is 0. The van der Waals surface area contributed by atoms with Gasteiger partial charge in [-0.2, -0.15) is 8.42 Å². The van der Waals surface area contributed by atoms with E-state index < -0.39 is 16.4 Å². The standard InChI is InChI=1S/C20H40O5S.H3N/c1-3-5-6-7-8-9-10-11-12-13-14-15-16-17-18-19-20(21)25-26(22,23)24-4-2;/h3-19H2,1-2H3;1H3. The van der Waals surface area contributed by atoms with E-state index in [9.17, 15) is 13.2 Å². The number of carbonyl (C=O) groups excluding carboxylic acids is 1. The summed E-state index contributed by atoms with van der Waals surface area (Å²) < 4.78 is 30.9. The van der Waals surface area contributed by atoms with Crippen LogP contribution in [0.25, 0.3) is 0 Å². The van der Waals surface area contributed by atoms with Gasteiger partial charge in [-0.05, 0) is 13.3 Å². The van der Waals surface area contributed by atoms with E-state index in [2.05, 4.69) is 15.3 Å². The smallest absolute Gasteiger partial charge is 0.344 e. The van der Waals surface area contributed by atoms with Gasteiger partial charge >= 0.3 is 16.4 Å². The topological polar surface area (TPSA) is 105 Å². The average Bonchev–Trinajstić information content (AvgIpc) is 2.57. The van der Waals surface area contributed by atoms with Gasteiger partial charge in [0.15, 0.2) is 0 Å². The molecule has 6 nitrogen and oxygen atoms in total. The number of carbonyl (C=O) groups is 1. The molecule has 0 bridgehead atoms. The largest absolute Gasteiger partial charge is 0.451 e. The molecule has 0 radical (unpaired) electrons. The Balaban J connectivity index is 0. The van der Waals surface area contributed by atoms with Crippen molar-refractivity contribution in [3.8, 4) is 0 Å². The molecule has 0 aliphatic rings. The summed E-state index contributed by atoms with van der Waals surface area (Å²) in [5, 5.41) is 0. The summed E-state index contributed by atoms with van der Waals surface area (Å²) in [5.74, 6) is -0.729. The molecular weight excluding hydrogens is 366 g/mol. The zero-order valence-electron chi connectivity index (χ0n) is 17.7. The highest BCUT2D eigenvalue weighted by Gasteiger charge is 2.16. The van der Waals surface area contributed by atoms with Crippen molar-refractivity contribution in [1.82, 2.24) is 6.15 Å². The second kappa shape index (κ2) is 20.1. The van der Waals surface area contributed by atoms with Crippen molar-refractivity contribution in [1.29, 1.82) is 0 Å². The van der Waals surface area contributed by atoms with Crippen LogP contribution in [0.15, 0.2) is 0 Å². The van der Waals surface area contributed by atoms with Crippen LogP contribution >= 0.6 is 0 Å². The van der Waals surface area contributed by atoms with E-state index >= 15 is 0 Å². The molecule has 3 N–H and O–H groups in total. The molecular formula is C20H43NO5S. The first kappa shape index (κ1) is 28.5. The molecule has 0 aromatic heterocycles. The van der Waals surface area contributed by atoms with Gasteiger partial charge in [0.25, 0.3) is 0 Å². The van der Waals surface area contributed by atoms with Gasteiger partial charge in [0.2, 0.25) is 0 Å². The molecule has 0 aliphatic heterocycles. The van der Waals surface area contributed by atoms with Crippen LogP contribution in [0.1, 0.15) is 117 Å². The first-order valence-electron chi connectivity index (χ1n) is 10.6. The van der Waals surface area contributed by atoms with Gasteiger partial charge in [-0.3, -0.25) is 4.79 Å². The van der Waals surface area contributed by atoms with E-state index in [1.165, 1.54) is 84.0 Å². The normalized spacial score (nSPS) is 11.2. The summed E-state index contributed by atoms with van der Waals surface area (Å²) in [6, 6.07) is 0. The van der Waals surface area contributed by atoms with Gasteiger partial charge in [0, 0.05) is 6.42 Å². The van der Waals surface area contributed by atoms with Crippen LogP contribution in [0, 0.1) is 0 Å². The Hall–Kier alpha value is -0.660. The van der Waals surface area contributed by atoms with Crippen molar-refractivity contribution in [2.45, 2.75) is 117 Å². The van der Waals surface area contributed by atoms with Gasteiger partial charge in [-0.25, -0.2) is 4.18 Å². The highest BCUT2D eigenvalue weighted by Crippen LogP contribution is 2.14. The minimum Gasteiger partial charge on any atom is -0.344 e. The molecule has 0 aromatic rings. The predicted molar refractivity (Wildman–Crippen MR) is 111 cm³/mol. The summed E-state index contributed by atoms with van der Waals surface area (Å²) >= 11 is 0. The van der Waals surface area contributed by atoms with Crippen LogP contribution in [-0.4, -0.2) is 21.0 Å². The fourth-order valence-corrected chi connectivity index (χ4v) is 3.61. The van der Waals surface area contributed by atoms with E-state index in [-0.39, 0.29) is 19.2 Å². The Morgan fingerprint density at radius 1 is 0.667 bits per heavy atom. The van der Waals surface area contributed by atoms with E-state index in [1.54, 1.807) is 0 Å². The minimum atomic E-state index is -4.15. The third-order valence-electron chi connectivity index (χ3n) is 4.44. The van der Waals surface area contributed by atoms with E-state index in [0.717, 1.165) is 12.8 Å². The lowest BCUT2D eigenvalue weighted by molar-refractivity contribution is -0.134. The van der Waals surface area contributed by atoms with E-state index in [1.807, 2.05) is 0 Å². The molecule has 0 saturated carbocycles. The molecule has 0 atom stereocenters. The van der Waals surface area contributed by atoms with Crippen LogP contribution in [-0.2, 0) is 23.6 Å². The summed E-state index contributed by atoms with van der Waals surface area (Å²) in [6.45, 7) is 3.75. The molecule has 0 aliphatic carbocycles. The van der Waals surface area contributed by atoms with Crippen molar-refractivity contribution >= 4 is 16.4 Å². The maximum Gasteiger partial charge on any atom is 0.451 e. The molecule has 0 spiro atoms. The number of hydrogen-bond acceptors (Lipinski definition) is 6. The number of unbranched alkanes of at least 4 members (excludes halogenated alkanes) is 14. The number of hydrogen-bond donors (Lipinski definition) is 1. The third-order valence-corrected chi connectivity index (χ3v) is 5.36. The van der Waals surface area contributed by atoms with Crippen LogP contribution < -0.4 is 6.15 Å². The van der Waals surface area contributed by atoms with Gasteiger partial charge in [-0.15, -0.1) is 0 Å². The molecule has 0 unspecified atom stereocenters. The fraction of sp³-hybridized carbons (Fsp3) is 0.950. The second-order valence-corrected chi connectivity index (χ2v) is 8.19. The summed E-state index contributed by atoms with van der Waals surface area (Å²) in [6.07, 6.45) is 18.9. The molecule has 0 rings (SSSR count). The molecule has 27 heavy (non-hydrogen) atoms. The molecule has 0 aromatic carbocycles. The molecule has 164 valence electrons. The van der Waals surface area contributed by atoms with Crippen molar-refractivity contribution in [2.24, 2.45) is 0 Å². The molecule has 0 fully saturated rings. The van der Waals surface area contributed by atoms with Gasteiger partial charge in [-0.1, -0.05) is 96.8 Å². The Labute approximate surface area is 167 Å².